The van der Waals surface area contributed by atoms with Crippen molar-refractivity contribution in [2.45, 2.75) is 77.6 Å². The average molecular weight is 546 g/mol. The largest absolute Gasteiger partial charge is 0.475 e. The van der Waals surface area contributed by atoms with Crippen LogP contribution in [0.4, 0.5) is 0 Å². The number of nitrogens with zero attached hydrogens (tertiary/aromatic N) is 1. The number of aromatic nitrogens is 2. The summed E-state index contributed by atoms with van der Waals surface area (Å²) in [6.07, 6.45) is -1.19. The number of aliphatic hydroxyl groups excluding tert-OH is 1. The third kappa shape index (κ3) is 7.27. The van der Waals surface area contributed by atoms with Crippen LogP contribution >= 0.6 is 30.4 Å². The van der Waals surface area contributed by atoms with Gasteiger partial charge >= 0.3 is 13.5 Å². The van der Waals surface area contributed by atoms with E-state index in [2.05, 4.69) is 4.98 Å². The summed E-state index contributed by atoms with van der Waals surface area (Å²) < 4.78 is 36.9. The zero-order valence-electron chi connectivity index (χ0n) is 17.3. The van der Waals surface area contributed by atoms with E-state index in [0.717, 1.165) is 0 Å². The van der Waals surface area contributed by atoms with E-state index >= 15 is 0 Å². The van der Waals surface area contributed by atoms with Gasteiger partial charge in [0.25, 0.3) is 5.56 Å². The summed E-state index contributed by atoms with van der Waals surface area (Å²) in [7, 11) is -3.97. The molecule has 2 N–H and O–H groups in total. The van der Waals surface area contributed by atoms with Gasteiger partial charge in [0.05, 0.1) is 27.5 Å². The molecule has 0 bridgehead atoms. The Morgan fingerprint density at radius 2 is 1.79 bits per heavy atom. The van der Waals surface area contributed by atoms with Gasteiger partial charge in [-0.2, -0.15) is 0 Å². The minimum Gasteiger partial charge on any atom is -0.390 e. The molecule has 10 nitrogen and oxygen atoms in total. The summed E-state index contributed by atoms with van der Waals surface area (Å²) in [5, 5.41) is 10.3. The van der Waals surface area contributed by atoms with Crippen molar-refractivity contribution in [2.24, 2.45) is 0 Å². The minimum absolute atomic E-state index is 0.0978. The second-order valence-electron chi connectivity index (χ2n) is 8.73. The number of H-pyrrole nitrogens is 1. The summed E-state index contributed by atoms with van der Waals surface area (Å²) in [5.41, 5.74) is -2.73. The molecule has 0 aliphatic carbocycles. The number of nitrogens with one attached hydrogen (secondary N) is 1. The van der Waals surface area contributed by atoms with Crippen LogP contribution in [-0.4, -0.2) is 44.7 Å². The molecule has 2 heterocycles. The maximum Gasteiger partial charge on any atom is 0.475 e. The lowest BCUT2D eigenvalue weighted by atomic mass is 10.2. The van der Waals surface area contributed by atoms with Gasteiger partial charge in [0.15, 0.2) is 0 Å². The van der Waals surface area contributed by atoms with Gasteiger partial charge in [0.1, 0.15) is 12.3 Å². The molecule has 12 heteroatoms. The number of hydrogen-bond acceptors (Lipinski definition) is 8. The van der Waals surface area contributed by atoms with Crippen molar-refractivity contribution in [2.75, 3.05) is 6.61 Å². The molecular formula is C17H28IN2O8P. The first-order valence-corrected chi connectivity index (χ1v) is 11.6. The molecule has 0 aromatic carbocycles. The first-order valence-electron chi connectivity index (χ1n) is 9.09. The second kappa shape index (κ2) is 8.89. The number of ether oxygens (including phenoxy) is 1. The molecule has 1 fully saturated rings. The van der Waals surface area contributed by atoms with E-state index < -0.39 is 48.7 Å². The highest BCUT2D eigenvalue weighted by Crippen LogP contribution is 2.55. The predicted molar refractivity (Wildman–Crippen MR) is 114 cm³/mol. The quantitative estimate of drug-likeness (QED) is 0.412. The number of aromatic amines is 1. The molecule has 1 aromatic rings. The number of halogens is 1. The van der Waals surface area contributed by atoms with E-state index in [9.17, 15) is 19.3 Å². The average Bonchev–Trinajstić information content (AvgIpc) is 2.86. The van der Waals surface area contributed by atoms with Crippen LogP contribution in [0.2, 0.25) is 0 Å². The molecule has 166 valence electrons. The SMILES string of the molecule is CC(C)(C)OP(=O)(OC[C@H]1O[C@@H](n2cc(I)c(=O)[nH]c2=O)C[C@@H]1O)OC(C)(C)C. The maximum absolute atomic E-state index is 13.1. The number of phosphoric acid groups is 1. The Labute approximate surface area is 182 Å². The highest BCUT2D eigenvalue weighted by atomic mass is 127. The lowest BCUT2D eigenvalue weighted by molar-refractivity contribution is -0.0591. The molecule has 3 atom stereocenters. The highest BCUT2D eigenvalue weighted by Gasteiger charge is 2.41. The van der Waals surface area contributed by atoms with Gasteiger partial charge in [-0.3, -0.25) is 27.9 Å². The van der Waals surface area contributed by atoms with E-state index in [4.69, 9.17) is 18.3 Å². The Hall–Kier alpha value is -0.560. The summed E-state index contributed by atoms with van der Waals surface area (Å²) in [6, 6.07) is 0. The lowest BCUT2D eigenvalue weighted by Gasteiger charge is -2.31. The Balaban J connectivity index is 2.13. The molecular weight excluding hydrogens is 518 g/mol. The van der Waals surface area contributed by atoms with Crippen LogP contribution in [0, 0.1) is 3.57 Å². The Morgan fingerprint density at radius 3 is 2.31 bits per heavy atom. The fraction of sp³-hybridized carbons (Fsp3) is 0.765. The lowest BCUT2D eigenvalue weighted by Crippen LogP contribution is -2.33. The molecule has 0 spiro atoms. The van der Waals surface area contributed by atoms with Gasteiger partial charge in [-0.15, -0.1) is 0 Å². The van der Waals surface area contributed by atoms with Gasteiger partial charge < -0.3 is 9.84 Å². The Bertz CT molecular complexity index is 865. The first kappa shape index (κ1) is 24.7. The minimum atomic E-state index is -3.97. The number of hydrogen-bond donors (Lipinski definition) is 2. The van der Waals surface area contributed by atoms with Crippen molar-refractivity contribution in [1.29, 1.82) is 0 Å². The van der Waals surface area contributed by atoms with Crippen LogP contribution in [-0.2, 0) is 22.9 Å². The molecule has 29 heavy (non-hydrogen) atoms. The standard InChI is InChI=1S/C17H28IN2O8P/c1-16(2,3)27-29(24,28-17(4,5)6)25-9-12-11(21)7-13(26-12)20-8-10(18)14(22)19-15(20)23/h8,11-13,21H,7,9H2,1-6H3,(H,19,22,23)/t11-,12+,13+/m0/s1. The maximum atomic E-state index is 13.1. The van der Waals surface area contributed by atoms with Gasteiger partial charge in [0.2, 0.25) is 0 Å². The number of aliphatic hydroxyl groups is 1. The molecule has 1 saturated heterocycles. The van der Waals surface area contributed by atoms with E-state index in [1.807, 2.05) is 0 Å². The third-order valence-electron chi connectivity index (χ3n) is 3.61. The van der Waals surface area contributed by atoms with Crippen LogP contribution in [0.15, 0.2) is 15.8 Å². The van der Waals surface area contributed by atoms with Gasteiger partial charge in [0, 0.05) is 12.6 Å². The van der Waals surface area contributed by atoms with Crippen LogP contribution < -0.4 is 11.2 Å². The van der Waals surface area contributed by atoms with E-state index in [1.54, 1.807) is 64.1 Å². The summed E-state index contributed by atoms with van der Waals surface area (Å²) in [4.78, 5) is 25.8. The van der Waals surface area contributed by atoms with Crippen LogP contribution in [0.3, 0.4) is 0 Å². The highest BCUT2D eigenvalue weighted by molar-refractivity contribution is 14.1. The molecule has 0 radical (unpaired) electrons. The van der Waals surface area contributed by atoms with Crippen molar-refractivity contribution in [3.63, 3.8) is 0 Å². The molecule has 1 aliphatic heterocycles. The zero-order chi connectivity index (χ0) is 22.2. The summed E-state index contributed by atoms with van der Waals surface area (Å²) in [6.45, 7) is 10.0. The van der Waals surface area contributed by atoms with Gasteiger partial charge in [-0.1, -0.05) is 0 Å². The molecule has 1 aromatic heterocycles. The van der Waals surface area contributed by atoms with E-state index in [0.29, 0.717) is 3.57 Å². The molecule has 0 unspecified atom stereocenters. The second-order valence-corrected chi connectivity index (χ2v) is 11.4. The first-order chi connectivity index (χ1) is 13.1. The predicted octanol–water partition coefficient (Wildman–Crippen LogP) is 2.54. The molecule has 0 saturated carbocycles. The van der Waals surface area contributed by atoms with Crippen LogP contribution in [0.25, 0.3) is 0 Å². The van der Waals surface area contributed by atoms with Crippen molar-refractivity contribution in [1.82, 2.24) is 9.55 Å². The fourth-order valence-corrected chi connectivity index (χ4v) is 4.87. The van der Waals surface area contributed by atoms with Gasteiger partial charge in [-0.05, 0) is 64.1 Å². The van der Waals surface area contributed by atoms with E-state index in [1.165, 1.54) is 10.8 Å². The van der Waals surface area contributed by atoms with E-state index in [-0.39, 0.29) is 13.0 Å². The topological polar surface area (TPSA) is 129 Å². The number of phosphoric ester groups is 1. The van der Waals surface area contributed by atoms with Crippen molar-refractivity contribution in [3.8, 4) is 0 Å². The molecule has 2 rings (SSSR count). The monoisotopic (exact) mass is 546 g/mol. The normalized spacial score (nSPS) is 23.5. The Kier molecular flexibility index (Phi) is 7.58. The third-order valence-corrected chi connectivity index (χ3v) is 6.38. The summed E-state index contributed by atoms with van der Waals surface area (Å²) in [5.74, 6) is 0. The molecule has 0 amide bonds. The van der Waals surface area contributed by atoms with Crippen molar-refractivity contribution in [3.05, 3.63) is 30.6 Å². The van der Waals surface area contributed by atoms with Crippen molar-refractivity contribution < 1.29 is 28.0 Å². The zero-order valence-corrected chi connectivity index (χ0v) is 20.4. The number of rotatable bonds is 6. The summed E-state index contributed by atoms with van der Waals surface area (Å²) >= 11 is 1.80. The van der Waals surface area contributed by atoms with Crippen molar-refractivity contribution >= 4 is 30.4 Å². The van der Waals surface area contributed by atoms with Gasteiger partial charge in [-0.25, -0.2) is 9.36 Å². The Morgan fingerprint density at radius 1 is 1.24 bits per heavy atom. The molecule has 1 aliphatic rings. The smallest absolute Gasteiger partial charge is 0.390 e. The van der Waals surface area contributed by atoms with Crippen LogP contribution in [0.1, 0.15) is 54.2 Å². The fourth-order valence-electron chi connectivity index (χ4n) is 2.62. The van der Waals surface area contributed by atoms with Crippen LogP contribution in [0.5, 0.6) is 0 Å².